The van der Waals surface area contributed by atoms with Crippen LogP contribution in [0.1, 0.15) is 58.8 Å². The summed E-state index contributed by atoms with van der Waals surface area (Å²) in [7, 11) is 0. The Morgan fingerprint density at radius 2 is 2.00 bits per heavy atom. The van der Waals surface area contributed by atoms with Gasteiger partial charge >= 0.3 is 0 Å². The normalized spacial score (nSPS) is 18.0. The molecule has 1 aliphatic rings. The van der Waals surface area contributed by atoms with E-state index in [1.165, 1.54) is 58.0 Å². The van der Waals surface area contributed by atoms with Crippen molar-refractivity contribution in [3.8, 4) is 0 Å². The molecule has 1 unspecified atom stereocenters. The molecule has 1 aliphatic carbocycles. The minimum absolute atomic E-state index is 0.842. The van der Waals surface area contributed by atoms with Crippen molar-refractivity contribution < 1.29 is 0 Å². The first kappa shape index (κ1) is 14.0. The summed E-state index contributed by atoms with van der Waals surface area (Å²) in [5.74, 6) is 0.915. The van der Waals surface area contributed by atoms with E-state index in [1.54, 1.807) is 0 Å². The summed E-state index contributed by atoms with van der Waals surface area (Å²) in [6.45, 7) is 8.02. The van der Waals surface area contributed by atoms with E-state index in [2.05, 4.69) is 18.7 Å². The van der Waals surface area contributed by atoms with Crippen LogP contribution in [-0.4, -0.2) is 30.6 Å². The topological polar surface area (TPSA) is 29.3 Å². The molecule has 0 aromatic rings. The maximum atomic E-state index is 5.61. The van der Waals surface area contributed by atoms with E-state index in [0.717, 1.165) is 18.5 Å². The Bertz CT molecular complexity index is 166. The smallest absolute Gasteiger partial charge is 0.00965 e. The lowest BCUT2D eigenvalue weighted by molar-refractivity contribution is 0.208. The molecule has 16 heavy (non-hydrogen) atoms. The molecule has 0 spiro atoms. The fraction of sp³-hybridized carbons (Fsp3) is 1.00. The largest absolute Gasteiger partial charge is 0.330 e. The fourth-order valence-corrected chi connectivity index (χ4v) is 2.41. The molecular formula is C14H30N2. The lowest BCUT2D eigenvalue weighted by Gasteiger charge is -2.26. The zero-order valence-corrected chi connectivity index (χ0v) is 11.3. The number of rotatable bonds is 10. The summed E-state index contributed by atoms with van der Waals surface area (Å²) in [6, 6.07) is 0.905. The molecule has 0 heterocycles. The molecule has 2 N–H and O–H groups in total. The Labute approximate surface area is 102 Å². The Morgan fingerprint density at radius 1 is 1.25 bits per heavy atom. The summed E-state index contributed by atoms with van der Waals surface area (Å²) in [6.07, 6.45) is 9.51. The third kappa shape index (κ3) is 5.31. The molecule has 1 atom stereocenters. The van der Waals surface area contributed by atoms with Crippen molar-refractivity contribution in [3.05, 3.63) is 0 Å². The minimum atomic E-state index is 0.842. The van der Waals surface area contributed by atoms with Gasteiger partial charge in [0.2, 0.25) is 0 Å². The van der Waals surface area contributed by atoms with Crippen LogP contribution < -0.4 is 5.73 Å². The van der Waals surface area contributed by atoms with Gasteiger partial charge in [-0.15, -0.1) is 0 Å². The van der Waals surface area contributed by atoms with Gasteiger partial charge in [0.05, 0.1) is 0 Å². The van der Waals surface area contributed by atoms with E-state index in [0.29, 0.717) is 0 Å². The number of hydrogen-bond acceptors (Lipinski definition) is 2. The maximum Gasteiger partial charge on any atom is 0.00965 e. The van der Waals surface area contributed by atoms with Gasteiger partial charge < -0.3 is 10.6 Å². The molecule has 0 radical (unpaired) electrons. The summed E-state index contributed by atoms with van der Waals surface area (Å²) >= 11 is 0. The molecular weight excluding hydrogens is 196 g/mol. The lowest BCUT2D eigenvalue weighted by atomic mass is 9.98. The predicted octanol–water partition coefficient (Wildman–Crippen LogP) is 3.02. The number of nitrogens with zero attached hydrogens (tertiary/aromatic N) is 1. The van der Waals surface area contributed by atoms with Crippen molar-refractivity contribution in [2.24, 2.45) is 11.7 Å². The van der Waals surface area contributed by atoms with Crippen molar-refractivity contribution in [2.45, 2.75) is 64.8 Å². The highest BCUT2D eigenvalue weighted by atomic mass is 15.2. The van der Waals surface area contributed by atoms with E-state index in [1.807, 2.05) is 0 Å². The summed E-state index contributed by atoms with van der Waals surface area (Å²) in [4.78, 5) is 2.71. The molecule has 1 rings (SSSR count). The van der Waals surface area contributed by atoms with Crippen LogP contribution in [0.2, 0.25) is 0 Å². The van der Waals surface area contributed by atoms with Crippen LogP contribution in [0, 0.1) is 5.92 Å². The van der Waals surface area contributed by atoms with Gasteiger partial charge in [-0.3, -0.25) is 0 Å². The third-order valence-corrected chi connectivity index (χ3v) is 3.75. The Balaban J connectivity index is 2.26. The van der Waals surface area contributed by atoms with E-state index >= 15 is 0 Å². The maximum absolute atomic E-state index is 5.61. The van der Waals surface area contributed by atoms with Gasteiger partial charge in [0.25, 0.3) is 0 Å². The molecule has 0 bridgehead atoms. The van der Waals surface area contributed by atoms with E-state index < -0.39 is 0 Å². The van der Waals surface area contributed by atoms with Gasteiger partial charge in [0.1, 0.15) is 0 Å². The average Bonchev–Trinajstić information content (AvgIpc) is 3.12. The van der Waals surface area contributed by atoms with Crippen LogP contribution in [0.15, 0.2) is 0 Å². The predicted molar refractivity (Wildman–Crippen MR) is 71.6 cm³/mol. The average molecular weight is 226 g/mol. The molecule has 0 saturated heterocycles. The highest BCUT2D eigenvalue weighted by molar-refractivity contribution is 4.85. The summed E-state index contributed by atoms with van der Waals surface area (Å²) in [5.41, 5.74) is 5.61. The van der Waals surface area contributed by atoms with Gasteiger partial charge in [-0.1, -0.05) is 33.1 Å². The van der Waals surface area contributed by atoms with Crippen molar-refractivity contribution in [1.82, 2.24) is 4.90 Å². The van der Waals surface area contributed by atoms with Crippen LogP contribution in [-0.2, 0) is 0 Å². The second kappa shape index (κ2) is 8.08. The molecule has 2 heteroatoms. The SMILES string of the molecule is CCCCC(CC)CN(CCCN)C1CC1. The molecule has 0 aromatic heterocycles. The fourth-order valence-electron chi connectivity index (χ4n) is 2.41. The molecule has 96 valence electrons. The Morgan fingerprint density at radius 3 is 2.50 bits per heavy atom. The zero-order valence-electron chi connectivity index (χ0n) is 11.3. The van der Waals surface area contributed by atoms with Gasteiger partial charge in [0.15, 0.2) is 0 Å². The Kier molecular flexibility index (Phi) is 7.06. The van der Waals surface area contributed by atoms with Gasteiger partial charge in [0, 0.05) is 12.6 Å². The molecule has 0 aliphatic heterocycles. The van der Waals surface area contributed by atoms with Crippen molar-refractivity contribution in [1.29, 1.82) is 0 Å². The third-order valence-electron chi connectivity index (χ3n) is 3.75. The Hall–Kier alpha value is -0.0800. The van der Waals surface area contributed by atoms with E-state index in [-0.39, 0.29) is 0 Å². The number of hydrogen-bond donors (Lipinski definition) is 1. The summed E-state index contributed by atoms with van der Waals surface area (Å²) < 4.78 is 0. The van der Waals surface area contributed by atoms with Crippen LogP contribution in [0.4, 0.5) is 0 Å². The van der Waals surface area contributed by atoms with E-state index in [9.17, 15) is 0 Å². The molecule has 1 fully saturated rings. The van der Waals surface area contributed by atoms with Gasteiger partial charge in [-0.05, 0) is 44.7 Å². The summed E-state index contributed by atoms with van der Waals surface area (Å²) in [5, 5.41) is 0. The highest BCUT2D eigenvalue weighted by Crippen LogP contribution is 2.28. The number of nitrogens with two attached hydrogens (primary N) is 1. The molecule has 2 nitrogen and oxygen atoms in total. The monoisotopic (exact) mass is 226 g/mol. The van der Waals surface area contributed by atoms with Crippen LogP contribution in [0.5, 0.6) is 0 Å². The molecule has 0 amide bonds. The second-order valence-corrected chi connectivity index (χ2v) is 5.28. The van der Waals surface area contributed by atoms with Crippen LogP contribution >= 0.6 is 0 Å². The van der Waals surface area contributed by atoms with Crippen LogP contribution in [0.3, 0.4) is 0 Å². The number of unbranched alkanes of at least 4 members (excludes halogenated alkanes) is 1. The van der Waals surface area contributed by atoms with Gasteiger partial charge in [-0.2, -0.15) is 0 Å². The molecule has 0 aromatic carbocycles. The molecule has 1 saturated carbocycles. The standard InChI is InChI=1S/C14H30N2/c1-3-5-7-13(4-2)12-16(11-6-10-15)14-8-9-14/h13-14H,3-12,15H2,1-2H3. The first-order chi connectivity index (χ1) is 7.81. The van der Waals surface area contributed by atoms with Crippen molar-refractivity contribution in [3.63, 3.8) is 0 Å². The quantitative estimate of drug-likeness (QED) is 0.620. The van der Waals surface area contributed by atoms with Crippen LogP contribution in [0.25, 0.3) is 0 Å². The van der Waals surface area contributed by atoms with Crippen molar-refractivity contribution >= 4 is 0 Å². The first-order valence-electron chi connectivity index (χ1n) is 7.25. The zero-order chi connectivity index (χ0) is 11.8. The van der Waals surface area contributed by atoms with E-state index in [4.69, 9.17) is 5.73 Å². The van der Waals surface area contributed by atoms with Crippen molar-refractivity contribution in [2.75, 3.05) is 19.6 Å². The first-order valence-corrected chi connectivity index (χ1v) is 7.25. The second-order valence-electron chi connectivity index (χ2n) is 5.28. The van der Waals surface area contributed by atoms with Gasteiger partial charge in [-0.25, -0.2) is 0 Å². The minimum Gasteiger partial charge on any atom is -0.330 e. The lowest BCUT2D eigenvalue weighted by Crippen LogP contribution is -2.33. The highest BCUT2D eigenvalue weighted by Gasteiger charge is 2.29.